The van der Waals surface area contributed by atoms with E-state index in [1.54, 1.807) is 6.92 Å². The summed E-state index contributed by atoms with van der Waals surface area (Å²) in [5.74, 6) is -0.754. The monoisotopic (exact) mass is 256 g/mol. The number of hydrogen-bond donors (Lipinski definition) is 2. The second-order valence-electron chi connectivity index (χ2n) is 5.82. The van der Waals surface area contributed by atoms with Gasteiger partial charge in [-0.15, -0.1) is 0 Å². The summed E-state index contributed by atoms with van der Waals surface area (Å²) < 4.78 is 0. The molecule has 106 valence electrons. The molecule has 0 aliphatic heterocycles. The first-order valence-corrected chi connectivity index (χ1v) is 7.11. The van der Waals surface area contributed by atoms with E-state index in [1.165, 1.54) is 25.7 Å². The normalized spacial score (nSPS) is 22.1. The zero-order valence-corrected chi connectivity index (χ0v) is 12.2. The molecule has 1 rings (SSSR count). The quantitative estimate of drug-likeness (QED) is 0.732. The highest BCUT2D eigenvalue weighted by atomic mass is 16.4. The highest BCUT2D eigenvalue weighted by molar-refractivity contribution is 5.78. The Balaban J connectivity index is 2.59. The van der Waals surface area contributed by atoms with Crippen LogP contribution in [0.2, 0.25) is 0 Å². The highest BCUT2D eigenvalue weighted by Crippen LogP contribution is 2.26. The Hall–Kier alpha value is -0.610. The Labute approximate surface area is 111 Å². The van der Waals surface area contributed by atoms with Gasteiger partial charge in [0.15, 0.2) is 0 Å². The van der Waals surface area contributed by atoms with E-state index >= 15 is 0 Å². The Morgan fingerprint density at radius 1 is 1.50 bits per heavy atom. The third-order valence-corrected chi connectivity index (χ3v) is 4.34. The zero-order chi connectivity index (χ0) is 13.8. The lowest BCUT2D eigenvalue weighted by molar-refractivity contribution is -0.145. The van der Waals surface area contributed by atoms with Crippen LogP contribution < -0.4 is 5.32 Å². The number of carboxylic acid groups (broad SMARTS) is 1. The van der Waals surface area contributed by atoms with Gasteiger partial charge in [-0.05, 0) is 46.7 Å². The van der Waals surface area contributed by atoms with Gasteiger partial charge in [-0.1, -0.05) is 19.8 Å². The van der Waals surface area contributed by atoms with Crippen molar-refractivity contribution in [1.82, 2.24) is 10.2 Å². The summed E-state index contributed by atoms with van der Waals surface area (Å²) in [5.41, 5.74) is -0.818. The molecule has 0 aromatic heterocycles. The van der Waals surface area contributed by atoms with Gasteiger partial charge in [0.05, 0.1) is 0 Å². The standard InChI is InChI=1S/C14H28N2O2/c1-5-15-14(3,13(17)18)10-11(2)16(4)12-8-6-7-9-12/h11-12,15H,5-10H2,1-4H3,(H,17,18). The first kappa shape index (κ1) is 15.4. The molecular weight excluding hydrogens is 228 g/mol. The van der Waals surface area contributed by atoms with Gasteiger partial charge in [0, 0.05) is 12.1 Å². The second-order valence-corrected chi connectivity index (χ2v) is 5.82. The van der Waals surface area contributed by atoms with Gasteiger partial charge in [-0.25, -0.2) is 0 Å². The fourth-order valence-electron chi connectivity index (χ4n) is 3.03. The molecule has 0 amide bonds. The molecule has 0 spiro atoms. The number of carbonyl (C=O) groups is 1. The van der Waals surface area contributed by atoms with Crippen molar-refractivity contribution >= 4 is 5.97 Å². The molecule has 4 heteroatoms. The fourth-order valence-corrected chi connectivity index (χ4v) is 3.03. The van der Waals surface area contributed by atoms with Crippen molar-refractivity contribution < 1.29 is 9.90 Å². The van der Waals surface area contributed by atoms with E-state index in [2.05, 4.69) is 24.2 Å². The largest absolute Gasteiger partial charge is 0.480 e. The summed E-state index contributed by atoms with van der Waals surface area (Å²) in [7, 11) is 2.13. The van der Waals surface area contributed by atoms with Crippen molar-refractivity contribution in [3.05, 3.63) is 0 Å². The van der Waals surface area contributed by atoms with Crippen molar-refractivity contribution in [2.75, 3.05) is 13.6 Å². The minimum Gasteiger partial charge on any atom is -0.480 e. The number of carboxylic acids is 1. The number of nitrogens with zero attached hydrogens (tertiary/aromatic N) is 1. The molecule has 18 heavy (non-hydrogen) atoms. The van der Waals surface area contributed by atoms with Crippen LogP contribution in [0.1, 0.15) is 52.9 Å². The van der Waals surface area contributed by atoms with Crippen molar-refractivity contribution in [3.8, 4) is 0 Å². The fraction of sp³-hybridized carbons (Fsp3) is 0.929. The number of aliphatic carboxylic acids is 1. The van der Waals surface area contributed by atoms with Crippen LogP contribution in [0, 0.1) is 0 Å². The highest BCUT2D eigenvalue weighted by Gasteiger charge is 2.36. The first-order chi connectivity index (χ1) is 8.40. The third-order valence-electron chi connectivity index (χ3n) is 4.34. The van der Waals surface area contributed by atoms with Gasteiger partial charge in [0.25, 0.3) is 0 Å². The summed E-state index contributed by atoms with van der Waals surface area (Å²) in [4.78, 5) is 13.8. The summed E-state index contributed by atoms with van der Waals surface area (Å²) in [6.45, 7) is 6.56. The maximum atomic E-state index is 11.4. The molecule has 1 fully saturated rings. The predicted octanol–water partition coefficient (Wildman–Crippen LogP) is 2.09. The molecule has 0 bridgehead atoms. The van der Waals surface area contributed by atoms with Crippen molar-refractivity contribution in [1.29, 1.82) is 0 Å². The molecule has 0 aromatic rings. The van der Waals surface area contributed by atoms with Crippen molar-refractivity contribution in [2.45, 2.75) is 70.5 Å². The molecule has 4 nitrogen and oxygen atoms in total. The minimum atomic E-state index is -0.818. The average Bonchev–Trinajstić information content (AvgIpc) is 2.81. The van der Waals surface area contributed by atoms with Crippen LogP contribution in [0.5, 0.6) is 0 Å². The molecule has 1 saturated carbocycles. The van der Waals surface area contributed by atoms with E-state index in [0.29, 0.717) is 19.0 Å². The number of nitrogens with one attached hydrogen (secondary N) is 1. The van der Waals surface area contributed by atoms with E-state index in [-0.39, 0.29) is 6.04 Å². The van der Waals surface area contributed by atoms with Crippen LogP contribution in [0.15, 0.2) is 0 Å². The van der Waals surface area contributed by atoms with E-state index in [9.17, 15) is 9.90 Å². The lowest BCUT2D eigenvalue weighted by Crippen LogP contribution is -2.53. The SMILES string of the molecule is CCNC(C)(CC(C)N(C)C1CCCC1)C(=O)O. The molecule has 1 aliphatic carbocycles. The Morgan fingerprint density at radius 3 is 2.50 bits per heavy atom. The predicted molar refractivity (Wildman–Crippen MR) is 73.8 cm³/mol. The van der Waals surface area contributed by atoms with Crippen LogP contribution in [0.3, 0.4) is 0 Å². The summed E-state index contributed by atoms with van der Waals surface area (Å²) in [5, 5.41) is 12.5. The molecule has 0 heterocycles. The van der Waals surface area contributed by atoms with Crippen LogP contribution >= 0.6 is 0 Å². The van der Waals surface area contributed by atoms with Gasteiger partial charge in [0.2, 0.25) is 0 Å². The molecule has 0 aromatic carbocycles. The lowest BCUT2D eigenvalue weighted by Gasteiger charge is -2.36. The smallest absolute Gasteiger partial charge is 0.323 e. The Morgan fingerprint density at radius 2 is 2.06 bits per heavy atom. The summed E-state index contributed by atoms with van der Waals surface area (Å²) in [6.07, 6.45) is 5.77. The van der Waals surface area contributed by atoms with Crippen molar-refractivity contribution in [3.63, 3.8) is 0 Å². The number of likely N-dealkylation sites (N-methyl/N-ethyl adjacent to an activating group) is 1. The third kappa shape index (κ3) is 3.69. The molecule has 0 radical (unpaired) electrons. The van der Waals surface area contributed by atoms with Gasteiger partial charge in [-0.2, -0.15) is 0 Å². The summed E-state index contributed by atoms with van der Waals surface area (Å²) in [6, 6.07) is 0.924. The molecule has 0 saturated heterocycles. The van der Waals surface area contributed by atoms with Crippen molar-refractivity contribution in [2.24, 2.45) is 0 Å². The zero-order valence-electron chi connectivity index (χ0n) is 12.2. The average molecular weight is 256 g/mol. The summed E-state index contributed by atoms with van der Waals surface area (Å²) >= 11 is 0. The van der Waals surface area contributed by atoms with Gasteiger partial charge in [0.1, 0.15) is 5.54 Å². The first-order valence-electron chi connectivity index (χ1n) is 7.11. The van der Waals surface area contributed by atoms with Gasteiger partial charge >= 0.3 is 5.97 Å². The van der Waals surface area contributed by atoms with Crippen LogP contribution in [-0.2, 0) is 4.79 Å². The molecule has 1 aliphatic rings. The van der Waals surface area contributed by atoms with E-state index in [1.807, 2.05) is 6.92 Å². The maximum Gasteiger partial charge on any atom is 0.323 e. The maximum absolute atomic E-state index is 11.4. The van der Waals surface area contributed by atoms with Gasteiger partial charge in [-0.3, -0.25) is 4.79 Å². The Kier molecular flexibility index (Phi) is 5.60. The van der Waals surface area contributed by atoms with Crippen LogP contribution in [0.4, 0.5) is 0 Å². The van der Waals surface area contributed by atoms with Gasteiger partial charge < -0.3 is 15.3 Å². The van der Waals surface area contributed by atoms with Crippen LogP contribution in [-0.4, -0.2) is 47.2 Å². The van der Waals surface area contributed by atoms with E-state index < -0.39 is 11.5 Å². The number of rotatable bonds is 7. The lowest BCUT2D eigenvalue weighted by atomic mass is 9.92. The topological polar surface area (TPSA) is 52.6 Å². The number of hydrogen-bond acceptors (Lipinski definition) is 3. The molecular formula is C14H28N2O2. The van der Waals surface area contributed by atoms with E-state index in [4.69, 9.17) is 0 Å². The molecule has 2 unspecified atom stereocenters. The Bertz CT molecular complexity index is 277. The second kappa shape index (κ2) is 6.53. The molecule has 2 atom stereocenters. The van der Waals surface area contributed by atoms with E-state index in [0.717, 1.165) is 0 Å². The van der Waals surface area contributed by atoms with Crippen LogP contribution in [0.25, 0.3) is 0 Å². The molecule has 2 N–H and O–H groups in total. The minimum absolute atomic E-state index is 0.285.